The molecule has 4 heterocycles. The van der Waals surface area contributed by atoms with Gasteiger partial charge in [0, 0.05) is 69.4 Å². The molecule has 0 N–H and O–H groups in total. The Balaban J connectivity index is 1.06. The van der Waals surface area contributed by atoms with E-state index in [0.29, 0.717) is 0 Å². The minimum Gasteiger partial charge on any atom is -0.456 e. The molecule has 58 heavy (non-hydrogen) atoms. The van der Waals surface area contributed by atoms with Gasteiger partial charge in [-0.05, 0) is 77.4 Å². The van der Waals surface area contributed by atoms with Crippen LogP contribution < -0.4 is 0 Å². The summed E-state index contributed by atoms with van der Waals surface area (Å²) in [5.41, 5.74) is 13.8. The molecule has 0 aliphatic rings. The van der Waals surface area contributed by atoms with Gasteiger partial charge in [-0.15, -0.1) is 11.3 Å². The van der Waals surface area contributed by atoms with E-state index in [0.717, 1.165) is 27.9 Å². The molecule has 0 amide bonds. The standard InChI is InChI=1S/C54H32N2OS/c1-2-12-33(13-3-1)34-24-26-35(27-25-34)55-46-21-8-5-15-42(46)52-47(55)30-29-39-37-14-4-7-20-45(37)56(53(39)52)36-28-31-50-44(32-36)41-19-10-18-40(54(41)58-50)38-17-11-23-49-51(38)43-16-6-9-22-48(43)57-49/h1-32H. The molecule has 270 valence electrons. The Labute approximate surface area is 336 Å². The van der Waals surface area contributed by atoms with Gasteiger partial charge in [0.1, 0.15) is 11.2 Å². The summed E-state index contributed by atoms with van der Waals surface area (Å²) in [6.45, 7) is 0. The van der Waals surface area contributed by atoms with Crippen LogP contribution in [0.2, 0.25) is 0 Å². The molecule has 0 saturated carbocycles. The first kappa shape index (κ1) is 31.8. The van der Waals surface area contributed by atoms with E-state index in [-0.39, 0.29) is 0 Å². The number of hydrogen-bond donors (Lipinski definition) is 0. The van der Waals surface area contributed by atoms with Crippen molar-refractivity contribution in [1.29, 1.82) is 0 Å². The first-order valence-electron chi connectivity index (χ1n) is 19.8. The highest BCUT2D eigenvalue weighted by Crippen LogP contribution is 2.46. The average molecular weight is 757 g/mol. The molecular formula is C54H32N2OS. The number of rotatable bonds is 4. The Morgan fingerprint density at radius 3 is 1.88 bits per heavy atom. The van der Waals surface area contributed by atoms with Gasteiger partial charge >= 0.3 is 0 Å². The molecule has 4 aromatic heterocycles. The van der Waals surface area contributed by atoms with Crippen molar-refractivity contribution in [3.63, 3.8) is 0 Å². The van der Waals surface area contributed by atoms with Crippen molar-refractivity contribution in [3.05, 3.63) is 194 Å². The van der Waals surface area contributed by atoms with Gasteiger partial charge in [-0.1, -0.05) is 133 Å². The zero-order chi connectivity index (χ0) is 37.9. The van der Waals surface area contributed by atoms with Crippen molar-refractivity contribution in [2.45, 2.75) is 0 Å². The number of furan rings is 1. The number of para-hydroxylation sites is 3. The molecular weight excluding hydrogens is 725 g/mol. The fourth-order valence-corrected chi connectivity index (χ4v) is 10.8. The smallest absolute Gasteiger partial charge is 0.136 e. The van der Waals surface area contributed by atoms with Gasteiger partial charge in [0.05, 0.1) is 22.1 Å². The Morgan fingerprint density at radius 2 is 1.02 bits per heavy atom. The molecule has 13 rings (SSSR count). The van der Waals surface area contributed by atoms with Gasteiger partial charge in [0.2, 0.25) is 0 Å². The van der Waals surface area contributed by atoms with Crippen LogP contribution in [-0.2, 0) is 0 Å². The lowest BCUT2D eigenvalue weighted by molar-refractivity contribution is 0.669. The van der Waals surface area contributed by atoms with Gasteiger partial charge < -0.3 is 13.6 Å². The first-order chi connectivity index (χ1) is 28.8. The van der Waals surface area contributed by atoms with E-state index in [1.165, 1.54) is 91.4 Å². The van der Waals surface area contributed by atoms with E-state index >= 15 is 0 Å². The topological polar surface area (TPSA) is 23.0 Å². The van der Waals surface area contributed by atoms with Crippen LogP contribution in [0.15, 0.2) is 199 Å². The lowest BCUT2D eigenvalue weighted by Crippen LogP contribution is -1.95. The van der Waals surface area contributed by atoms with E-state index in [4.69, 9.17) is 4.42 Å². The summed E-state index contributed by atoms with van der Waals surface area (Å²) >= 11 is 1.87. The summed E-state index contributed by atoms with van der Waals surface area (Å²) in [7, 11) is 0. The Bertz CT molecular complexity index is 3790. The molecule has 0 atom stereocenters. The fraction of sp³-hybridized carbons (Fsp3) is 0. The number of aromatic nitrogens is 2. The Kier molecular flexibility index (Phi) is 6.60. The SMILES string of the molecule is c1ccc(-c2ccc(-n3c4ccccc4c4c3ccc3c5ccccc5n(-c5ccc6sc7c(-c8cccc9oc%10ccccc%10c89)cccc7c6c5)c34)cc2)cc1. The summed E-state index contributed by atoms with van der Waals surface area (Å²) in [5, 5.41) is 9.86. The lowest BCUT2D eigenvalue weighted by atomic mass is 9.98. The maximum atomic E-state index is 6.32. The first-order valence-corrected chi connectivity index (χ1v) is 20.6. The van der Waals surface area contributed by atoms with E-state index in [9.17, 15) is 0 Å². The van der Waals surface area contributed by atoms with Crippen LogP contribution >= 0.6 is 11.3 Å². The predicted molar refractivity (Wildman–Crippen MR) is 246 cm³/mol. The fourth-order valence-electron chi connectivity index (χ4n) is 9.63. The van der Waals surface area contributed by atoms with Crippen molar-refractivity contribution >= 4 is 97.1 Å². The number of fused-ring (bicyclic) bond motifs is 13. The molecule has 4 heteroatoms. The van der Waals surface area contributed by atoms with Crippen LogP contribution in [0.25, 0.3) is 119 Å². The molecule has 0 bridgehead atoms. The second-order valence-electron chi connectivity index (χ2n) is 15.2. The van der Waals surface area contributed by atoms with Crippen LogP contribution in [0.1, 0.15) is 0 Å². The maximum Gasteiger partial charge on any atom is 0.136 e. The minimum atomic E-state index is 0.919. The number of nitrogens with zero attached hydrogens (tertiary/aromatic N) is 2. The van der Waals surface area contributed by atoms with E-state index in [2.05, 4.69) is 197 Å². The van der Waals surface area contributed by atoms with E-state index in [1.807, 2.05) is 17.4 Å². The van der Waals surface area contributed by atoms with Gasteiger partial charge in [0.25, 0.3) is 0 Å². The third kappa shape index (κ3) is 4.43. The highest BCUT2D eigenvalue weighted by atomic mass is 32.1. The highest BCUT2D eigenvalue weighted by Gasteiger charge is 2.22. The van der Waals surface area contributed by atoms with Gasteiger partial charge in [0.15, 0.2) is 0 Å². The third-order valence-electron chi connectivity index (χ3n) is 12.1. The monoisotopic (exact) mass is 756 g/mol. The lowest BCUT2D eigenvalue weighted by Gasteiger charge is -2.11. The molecule has 0 unspecified atom stereocenters. The van der Waals surface area contributed by atoms with E-state index < -0.39 is 0 Å². The highest BCUT2D eigenvalue weighted by molar-refractivity contribution is 7.26. The minimum absolute atomic E-state index is 0.919. The summed E-state index contributed by atoms with van der Waals surface area (Å²) in [6.07, 6.45) is 0. The molecule has 0 radical (unpaired) electrons. The molecule has 0 aliphatic carbocycles. The summed E-state index contributed by atoms with van der Waals surface area (Å²) < 4.78 is 13.8. The van der Waals surface area contributed by atoms with Crippen molar-refractivity contribution in [3.8, 4) is 33.6 Å². The van der Waals surface area contributed by atoms with Crippen molar-refractivity contribution < 1.29 is 4.42 Å². The Hall–Kier alpha value is -7.40. The third-order valence-corrected chi connectivity index (χ3v) is 13.4. The number of hydrogen-bond acceptors (Lipinski definition) is 2. The maximum absolute atomic E-state index is 6.32. The van der Waals surface area contributed by atoms with Crippen LogP contribution in [0, 0.1) is 0 Å². The van der Waals surface area contributed by atoms with E-state index in [1.54, 1.807) is 0 Å². The molecule has 0 spiro atoms. The van der Waals surface area contributed by atoms with Crippen LogP contribution in [0.4, 0.5) is 0 Å². The summed E-state index contributed by atoms with van der Waals surface area (Å²) in [5.74, 6) is 0. The summed E-state index contributed by atoms with van der Waals surface area (Å²) in [6, 6.07) is 70.6. The quantitative estimate of drug-likeness (QED) is 0.175. The molecule has 3 nitrogen and oxygen atoms in total. The van der Waals surface area contributed by atoms with Crippen LogP contribution in [-0.4, -0.2) is 9.13 Å². The van der Waals surface area contributed by atoms with Crippen molar-refractivity contribution in [1.82, 2.24) is 9.13 Å². The summed E-state index contributed by atoms with van der Waals surface area (Å²) in [4.78, 5) is 0. The van der Waals surface area contributed by atoms with Gasteiger partial charge in [-0.3, -0.25) is 0 Å². The molecule has 0 saturated heterocycles. The largest absolute Gasteiger partial charge is 0.456 e. The number of benzene rings is 9. The second kappa shape index (κ2) is 12.1. The predicted octanol–water partition coefficient (Wildman–Crippen LogP) is 15.5. The normalized spacial score (nSPS) is 12.1. The molecule has 0 aliphatic heterocycles. The van der Waals surface area contributed by atoms with Crippen molar-refractivity contribution in [2.75, 3.05) is 0 Å². The Morgan fingerprint density at radius 1 is 0.362 bits per heavy atom. The van der Waals surface area contributed by atoms with Crippen LogP contribution in [0.5, 0.6) is 0 Å². The molecule has 0 fully saturated rings. The zero-order valence-corrected chi connectivity index (χ0v) is 32.0. The van der Waals surface area contributed by atoms with Crippen LogP contribution in [0.3, 0.4) is 0 Å². The average Bonchev–Trinajstić information content (AvgIpc) is 4.04. The second-order valence-corrected chi connectivity index (χ2v) is 16.3. The number of thiophene rings is 1. The van der Waals surface area contributed by atoms with Crippen molar-refractivity contribution in [2.24, 2.45) is 0 Å². The van der Waals surface area contributed by atoms with Gasteiger partial charge in [-0.2, -0.15) is 0 Å². The molecule has 13 aromatic rings. The van der Waals surface area contributed by atoms with Gasteiger partial charge in [-0.25, -0.2) is 0 Å². The zero-order valence-electron chi connectivity index (χ0n) is 31.2. The molecule has 9 aromatic carbocycles.